The van der Waals surface area contributed by atoms with Gasteiger partial charge in [0.1, 0.15) is 0 Å². The van der Waals surface area contributed by atoms with Gasteiger partial charge < -0.3 is 15.3 Å². The Morgan fingerprint density at radius 3 is 2.62 bits per heavy atom. The first-order chi connectivity index (χ1) is 10.3. The summed E-state index contributed by atoms with van der Waals surface area (Å²) < 4.78 is 0. The van der Waals surface area contributed by atoms with Crippen molar-refractivity contribution >= 4 is 5.69 Å². The molecule has 118 valence electrons. The van der Waals surface area contributed by atoms with Gasteiger partial charge in [-0.1, -0.05) is 38.3 Å². The second kappa shape index (κ2) is 8.40. The summed E-state index contributed by atoms with van der Waals surface area (Å²) in [6.07, 6.45) is 6.54. The molecule has 1 saturated carbocycles. The highest BCUT2D eigenvalue weighted by Crippen LogP contribution is 2.29. The third kappa shape index (κ3) is 4.45. The second-order valence-electron chi connectivity index (χ2n) is 6.11. The Morgan fingerprint density at radius 2 is 2.00 bits per heavy atom. The topological polar surface area (TPSA) is 35.5 Å². The molecule has 0 atom stereocenters. The summed E-state index contributed by atoms with van der Waals surface area (Å²) in [7, 11) is 0. The molecule has 1 aliphatic carbocycles. The zero-order valence-electron chi connectivity index (χ0n) is 13.6. The lowest BCUT2D eigenvalue weighted by Crippen LogP contribution is -2.39. The van der Waals surface area contributed by atoms with E-state index in [9.17, 15) is 5.11 Å². The first kappa shape index (κ1) is 16.3. The molecular formula is C18H30N2O. The number of aryl methyl sites for hydroxylation is 1. The van der Waals surface area contributed by atoms with Crippen LogP contribution in [-0.2, 0) is 6.54 Å². The molecule has 0 radical (unpaired) electrons. The van der Waals surface area contributed by atoms with Crippen molar-refractivity contribution < 1.29 is 5.11 Å². The summed E-state index contributed by atoms with van der Waals surface area (Å²) >= 11 is 0. The van der Waals surface area contributed by atoms with E-state index in [2.05, 4.69) is 42.3 Å². The van der Waals surface area contributed by atoms with E-state index in [4.69, 9.17) is 0 Å². The van der Waals surface area contributed by atoms with Crippen LogP contribution in [0.15, 0.2) is 18.2 Å². The van der Waals surface area contributed by atoms with Crippen molar-refractivity contribution in [3.63, 3.8) is 0 Å². The number of aliphatic hydroxyl groups is 1. The molecule has 0 heterocycles. The first-order valence-electron chi connectivity index (χ1n) is 8.44. The van der Waals surface area contributed by atoms with Crippen LogP contribution in [-0.4, -0.2) is 30.8 Å². The molecule has 3 nitrogen and oxygen atoms in total. The fourth-order valence-corrected chi connectivity index (χ4v) is 3.42. The summed E-state index contributed by atoms with van der Waals surface area (Å²) in [6, 6.07) is 7.35. The predicted molar refractivity (Wildman–Crippen MR) is 89.9 cm³/mol. The van der Waals surface area contributed by atoms with Crippen molar-refractivity contribution in [1.29, 1.82) is 0 Å². The van der Waals surface area contributed by atoms with Crippen LogP contribution >= 0.6 is 0 Å². The van der Waals surface area contributed by atoms with Gasteiger partial charge in [0.2, 0.25) is 0 Å². The van der Waals surface area contributed by atoms with Crippen molar-refractivity contribution in [2.75, 3.05) is 24.6 Å². The van der Waals surface area contributed by atoms with E-state index in [1.165, 1.54) is 48.9 Å². The van der Waals surface area contributed by atoms with Crippen molar-refractivity contribution in [3.05, 3.63) is 29.3 Å². The molecule has 1 aromatic carbocycles. The number of nitrogens with zero attached hydrogens (tertiary/aromatic N) is 1. The van der Waals surface area contributed by atoms with Crippen LogP contribution in [0.1, 0.15) is 50.2 Å². The Balaban J connectivity index is 2.15. The van der Waals surface area contributed by atoms with E-state index in [0.717, 1.165) is 19.6 Å². The predicted octanol–water partition coefficient (Wildman–Crippen LogP) is 3.24. The minimum Gasteiger partial charge on any atom is -0.395 e. The molecule has 0 aliphatic heterocycles. The Kier molecular flexibility index (Phi) is 6.52. The number of nitrogens with one attached hydrogen (secondary N) is 1. The van der Waals surface area contributed by atoms with Gasteiger partial charge in [-0.2, -0.15) is 0 Å². The molecule has 2 rings (SSSR count). The van der Waals surface area contributed by atoms with Gasteiger partial charge in [-0.15, -0.1) is 0 Å². The average molecular weight is 290 g/mol. The van der Waals surface area contributed by atoms with Crippen LogP contribution in [0.2, 0.25) is 0 Å². The molecule has 0 amide bonds. The zero-order valence-corrected chi connectivity index (χ0v) is 13.6. The van der Waals surface area contributed by atoms with Crippen LogP contribution in [0, 0.1) is 6.92 Å². The number of aliphatic hydroxyl groups excluding tert-OH is 1. The first-order valence-corrected chi connectivity index (χ1v) is 8.44. The molecule has 0 saturated heterocycles. The van der Waals surface area contributed by atoms with Crippen LogP contribution in [0.3, 0.4) is 0 Å². The van der Waals surface area contributed by atoms with Gasteiger partial charge in [-0.05, 0) is 43.5 Å². The normalized spacial score (nSPS) is 16.1. The standard InChI is InChI=1S/C18H30N2O/c1-3-19-14-16-9-10-18(15(2)13-16)20(11-12-21)17-7-5-4-6-8-17/h9-10,13,17,19,21H,3-8,11-12,14H2,1-2H3. The molecule has 1 fully saturated rings. The van der Waals surface area contributed by atoms with Gasteiger partial charge in [0, 0.05) is 24.8 Å². The molecule has 0 bridgehead atoms. The van der Waals surface area contributed by atoms with Gasteiger partial charge in [0.25, 0.3) is 0 Å². The van der Waals surface area contributed by atoms with E-state index in [0.29, 0.717) is 6.04 Å². The van der Waals surface area contributed by atoms with E-state index in [1.54, 1.807) is 0 Å². The van der Waals surface area contributed by atoms with Gasteiger partial charge in [-0.3, -0.25) is 0 Å². The maximum absolute atomic E-state index is 9.44. The molecule has 0 unspecified atom stereocenters. The molecular weight excluding hydrogens is 260 g/mol. The smallest absolute Gasteiger partial charge is 0.0606 e. The van der Waals surface area contributed by atoms with E-state index >= 15 is 0 Å². The van der Waals surface area contributed by atoms with Gasteiger partial charge in [-0.25, -0.2) is 0 Å². The summed E-state index contributed by atoms with van der Waals surface area (Å²) in [5.74, 6) is 0. The summed E-state index contributed by atoms with van der Waals surface area (Å²) in [4.78, 5) is 2.44. The maximum atomic E-state index is 9.44. The third-order valence-corrected chi connectivity index (χ3v) is 4.51. The van der Waals surface area contributed by atoms with Gasteiger partial charge >= 0.3 is 0 Å². The fourth-order valence-electron chi connectivity index (χ4n) is 3.42. The van der Waals surface area contributed by atoms with Gasteiger partial charge in [0.15, 0.2) is 0 Å². The SMILES string of the molecule is CCNCc1ccc(N(CCO)C2CCCCC2)c(C)c1. The Morgan fingerprint density at radius 1 is 1.24 bits per heavy atom. The number of benzene rings is 1. The number of anilines is 1. The highest BCUT2D eigenvalue weighted by Gasteiger charge is 2.22. The molecule has 0 aromatic heterocycles. The Labute approximate surface area is 129 Å². The number of hydrogen-bond acceptors (Lipinski definition) is 3. The van der Waals surface area contributed by atoms with Crippen molar-refractivity contribution in [2.24, 2.45) is 0 Å². The molecule has 2 N–H and O–H groups in total. The highest BCUT2D eigenvalue weighted by atomic mass is 16.3. The Bertz CT molecular complexity index is 427. The minimum atomic E-state index is 0.231. The molecule has 3 heteroatoms. The van der Waals surface area contributed by atoms with Crippen molar-refractivity contribution in [2.45, 2.75) is 58.5 Å². The fraction of sp³-hybridized carbons (Fsp3) is 0.667. The summed E-state index contributed by atoms with van der Waals surface area (Å²) in [5.41, 5.74) is 3.96. The largest absolute Gasteiger partial charge is 0.395 e. The lowest BCUT2D eigenvalue weighted by Gasteiger charge is -2.37. The molecule has 0 spiro atoms. The monoisotopic (exact) mass is 290 g/mol. The number of hydrogen-bond donors (Lipinski definition) is 2. The Hall–Kier alpha value is -1.06. The lowest BCUT2D eigenvalue weighted by molar-refractivity contribution is 0.290. The van der Waals surface area contributed by atoms with Crippen molar-refractivity contribution in [3.8, 4) is 0 Å². The number of rotatable bonds is 7. The maximum Gasteiger partial charge on any atom is 0.0606 e. The van der Waals surface area contributed by atoms with Crippen LogP contribution in [0.4, 0.5) is 5.69 Å². The summed E-state index contributed by atoms with van der Waals surface area (Å²) in [5, 5.41) is 12.8. The molecule has 1 aliphatic rings. The average Bonchev–Trinajstić information content (AvgIpc) is 2.52. The van der Waals surface area contributed by atoms with Crippen LogP contribution in [0.5, 0.6) is 0 Å². The van der Waals surface area contributed by atoms with Crippen LogP contribution in [0.25, 0.3) is 0 Å². The minimum absolute atomic E-state index is 0.231. The van der Waals surface area contributed by atoms with Gasteiger partial charge in [0.05, 0.1) is 6.61 Å². The van der Waals surface area contributed by atoms with Crippen molar-refractivity contribution in [1.82, 2.24) is 5.32 Å². The lowest BCUT2D eigenvalue weighted by atomic mass is 9.93. The second-order valence-corrected chi connectivity index (χ2v) is 6.11. The summed E-state index contributed by atoms with van der Waals surface area (Å²) in [6.45, 7) is 7.24. The highest BCUT2D eigenvalue weighted by molar-refractivity contribution is 5.55. The van der Waals surface area contributed by atoms with Crippen LogP contribution < -0.4 is 10.2 Å². The third-order valence-electron chi connectivity index (χ3n) is 4.51. The molecule has 1 aromatic rings. The van der Waals surface area contributed by atoms with E-state index in [1.807, 2.05) is 0 Å². The zero-order chi connectivity index (χ0) is 15.1. The molecule has 21 heavy (non-hydrogen) atoms. The van der Waals surface area contributed by atoms with E-state index in [-0.39, 0.29) is 6.61 Å². The van der Waals surface area contributed by atoms with E-state index < -0.39 is 0 Å². The quantitative estimate of drug-likeness (QED) is 0.809.